The van der Waals surface area contributed by atoms with Crippen molar-refractivity contribution in [1.82, 2.24) is 10.2 Å². The lowest BCUT2D eigenvalue weighted by Crippen LogP contribution is -2.40. The lowest BCUT2D eigenvalue weighted by molar-refractivity contribution is 0.157. The standard InChI is InChI=1S/C16H23F2N3O.HI/c1-3-19-16(21-7-6-12(10-21)11-22-2)20-9-13-8-14(17)4-5-15(13)18;/h4-5,8,12H,3,6-7,9-11H2,1-2H3,(H,19,20);1H. The SMILES string of the molecule is CCNC(=NCc1cc(F)ccc1F)N1CCC(COC)C1.I. The van der Waals surface area contributed by atoms with Crippen LogP contribution in [0.5, 0.6) is 0 Å². The molecule has 2 rings (SSSR count). The van der Waals surface area contributed by atoms with Gasteiger partial charge in [0.05, 0.1) is 13.2 Å². The van der Waals surface area contributed by atoms with E-state index in [9.17, 15) is 8.78 Å². The van der Waals surface area contributed by atoms with Gasteiger partial charge in [-0.05, 0) is 31.5 Å². The summed E-state index contributed by atoms with van der Waals surface area (Å²) < 4.78 is 32.1. The molecule has 0 amide bonds. The second-order valence-corrected chi connectivity index (χ2v) is 5.46. The molecule has 1 N–H and O–H groups in total. The van der Waals surface area contributed by atoms with Crippen molar-refractivity contribution in [3.63, 3.8) is 0 Å². The largest absolute Gasteiger partial charge is 0.384 e. The van der Waals surface area contributed by atoms with Gasteiger partial charge in [0.15, 0.2) is 5.96 Å². The second-order valence-electron chi connectivity index (χ2n) is 5.46. The quantitative estimate of drug-likeness (QED) is 0.436. The molecule has 1 aliphatic rings. The van der Waals surface area contributed by atoms with E-state index in [0.29, 0.717) is 5.92 Å². The molecular formula is C16H24F2IN3O. The van der Waals surface area contributed by atoms with E-state index in [-0.39, 0.29) is 36.1 Å². The first-order valence-corrected chi connectivity index (χ1v) is 7.60. The van der Waals surface area contributed by atoms with E-state index in [1.807, 2.05) is 6.92 Å². The van der Waals surface area contributed by atoms with Gasteiger partial charge in [0.1, 0.15) is 11.6 Å². The third-order valence-electron chi connectivity index (χ3n) is 3.73. The minimum atomic E-state index is -0.446. The maximum atomic E-state index is 13.7. The molecule has 130 valence electrons. The highest BCUT2D eigenvalue weighted by Gasteiger charge is 2.24. The molecule has 1 heterocycles. The second kappa shape index (κ2) is 10.0. The molecule has 0 bridgehead atoms. The van der Waals surface area contributed by atoms with E-state index in [1.165, 1.54) is 6.07 Å². The van der Waals surface area contributed by atoms with Crippen molar-refractivity contribution in [2.24, 2.45) is 10.9 Å². The highest BCUT2D eigenvalue weighted by Crippen LogP contribution is 2.17. The molecule has 23 heavy (non-hydrogen) atoms. The Morgan fingerprint density at radius 3 is 2.91 bits per heavy atom. The zero-order valence-electron chi connectivity index (χ0n) is 13.5. The van der Waals surface area contributed by atoms with Crippen LogP contribution in [0, 0.1) is 17.6 Å². The van der Waals surface area contributed by atoms with Crippen LogP contribution >= 0.6 is 24.0 Å². The van der Waals surface area contributed by atoms with Crippen molar-refractivity contribution in [1.29, 1.82) is 0 Å². The van der Waals surface area contributed by atoms with E-state index in [2.05, 4.69) is 15.2 Å². The van der Waals surface area contributed by atoms with Gasteiger partial charge in [-0.1, -0.05) is 0 Å². The number of methoxy groups -OCH3 is 1. The van der Waals surface area contributed by atoms with E-state index < -0.39 is 11.6 Å². The van der Waals surface area contributed by atoms with Crippen LogP contribution in [0.4, 0.5) is 8.78 Å². The molecule has 0 aromatic heterocycles. The minimum absolute atomic E-state index is 0. The summed E-state index contributed by atoms with van der Waals surface area (Å²) in [6.07, 6.45) is 1.05. The number of ether oxygens (including phenoxy) is 1. The molecule has 7 heteroatoms. The Hall–Kier alpha value is -0.960. The summed E-state index contributed by atoms with van der Waals surface area (Å²) in [6.45, 7) is 5.33. The summed E-state index contributed by atoms with van der Waals surface area (Å²) in [6, 6.07) is 3.45. The van der Waals surface area contributed by atoms with Crippen LogP contribution in [0.25, 0.3) is 0 Å². The molecule has 0 spiro atoms. The van der Waals surface area contributed by atoms with Gasteiger partial charge in [-0.2, -0.15) is 0 Å². The minimum Gasteiger partial charge on any atom is -0.384 e. The number of likely N-dealkylation sites (tertiary alicyclic amines) is 1. The van der Waals surface area contributed by atoms with Gasteiger partial charge in [-0.15, -0.1) is 24.0 Å². The number of halogens is 3. The molecule has 1 aromatic rings. The summed E-state index contributed by atoms with van der Waals surface area (Å²) in [5.41, 5.74) is 0.267. The van der Waals surface area contributed by atoms with Gasteiger partial charge in [-0.3, -0.25) is 0 Å². The van der Waals surface area contributed by atoms with Crippen LogP contribution in [-0.2, 0) is 11.3 Å². The van der Waals surface area contributed by atoms with E-state index in [0.717, 1.165) is 50.8 Å². The Morgan fingerprint density at radius 2 is 2.22 bits per heavy atom. The lowest BCUT2D eigenvalue weighted by Gasteiger charge is -2.21. The van der Waals surface area contributed by atoms with Crippen molar-refractivity contribution in [3.05, 3.63) is 35.4 Å². The third-order valence-corrected chi connectivity index (χ3v) is 3.73. The summed E-state index contributed by atoms with van der Waals surface area (Å²) in [5, 5.41) is 3.21. The van der Waals surface area contributed by atoms with Gasteiger partial charge in [0, 0.05) is 38.2 Å². The average molecular weight is 439 g/mol. The predicted molar refractivity (Wildman–Crippen MR) is 98.1 cm³/mol. The molecule has 1 aliphatic heterocycles. The lowest BCUT2D eigenvalue weighted by atomic mass is 10.1. The number of hydrogen-bond acceptors (Lipinski definition) is 2. The number of benzene rings is 1. The molecule has 1 atom stereocenters. The first-order valence-electron chi connectivity index (χ1n) is 7.60. The third kappa shape index (κ3) is 5.87. The average Bonchev–Trinajstić information content (AvgIpc) is 2.95. The highest BCUT2D eigenvalue weighted by atomic mass is 127. The van der Waals surface area contributed by atoms with Gasteiger partial charge in [0.25, 0.3) is 0 Å². The summed E-state index contributed by atoms with van der Waals surface area (Å²) >= 11 is 0. The van der Waals surface area contributed by atoms with Crippen LogP contribution in [-0.4, -0.2) is 44.2 Å². The van der Waals surface area contributed by atoms with E-state index in [4.69, 9.17) is 4.74 Å². The Bertz CT molecular complexity index is 528. The maximum absolute atomic E-state index is 13.7. The molecule has 4 nitrogen and oxygen atoms in total. The van der Waals surface area contributed by atoms with Crippen molar-refractivity contribution < 1.29 is 13.5 Å². The Kier molecular flexibility index (Phi) is 8.75. The monoisotopic (exact) mass is 439 g/mol. The molecule has 0 saturated carbocycles. The van der Waals surface area contributed by atoms with Crippen LogP contribution < -0.4 is 5.32 Å². The number of hydrogen-bond donors (Lipinski definition) is 1. The molecule has 1 fully saturated rings. The number of aliphatic imine (C=N–C) groups is 1. The molecular weight excluding hydrogens is 415 g/mol. The van der Waals surface area contributed by atoms with Crippen LogP contribution in [0.2, 0.25) is 0 Å². The molecule has 1 aromatic carbocycles. The zero-order chi connectivity index (χ0) is 15.9. The number of guanidine groups is 1. The number of rotatable bonds is 5. The van der Waals surface area contributed by atoms with Gasteiger partial charge < -0.3 is 15.0 Å². The first kappa shape index (κ1) is 20.1. The van der Waals surface area contributed by atoms with E-state index in [1.54, 1.807) is 7.11 Å². The number of nitrogens with one attached hydrogen (secondary N) is 1. The van der Waals surface area contributed by atoms with Crippen LogP contribution in [0.3, 0.4) is 0 Å². The van der Waals surface area contributed by atoms with Gasteiger partial charge in [-0.25, -0.2) is 13.8 Å². The molecule has 1 saturated heterocycles. The highest BCUT2D eigenvalue weighted by molar-refractivity contribution is 14.0. The molecule has 1 unspecified atom stereocenters. The molecule has 0 aliphatic carbocycles. The van der Waals surface area contributed by atoms with Crippen molar-refractivity contribution in [2.45, 2.75) is 19.9 Å². The summed E-state index contributed by atoms with van der Waals surface area (Å²) in [4.78, 5) is 6.59. The van der Waals surface area contributed by atoms with Gasteiger partial charge >= 0.3 is 0 Å². The molecule has 0 radical (unpaired) electrons. The normalized spacial score (nSPS) is 18.0. The maximum Gasteiger partial charge on any atom is 0.194 e. The number of nitrogens with zero attached hydrogens (tertiary/aromatic N) is 2. The van der Waals surface area contributed by atoms with Crippen LogP contribution in [0.1, 0.15) is 18.9 Å². The summed E-state index contributed by atoms with van der Waals surface area (Å²) in [5.74, 6) is 0.349. The van der Waals surface area contributed by atoms with Crippen molar-refractivity contribution in [3.8, 4) is 0 Å². The fraction of sp³-hybridized carbons (Fsp3) is 0.562. The fourth-order valence-corrected chi connectivity index (χ4v) is 2.65. The van der Waals surface area contributed by atoms with E-state index >= 15 is 0 Å². The van der Waals surface area contributed by atoms with Crippen molar-refractivity contribution in [2.75, 3.05) is 33.4 Å². The predicted octanol–water partition coefficient (Wildman–Crippen LogP) is 3.02. The zero-order valence-corrected chi connectivity index (χ0v) is 15.8. The van der Waals surface area contributed by atoms with Gasteiger partial charge in [0.2, 0.25) is 0 Å². The Labute approximate surface area is 153 Å². The Balaban J connectivity index is 0.00000264. The topological polar surface area (TPSA) is 36.9 Å². The van der Waals surface area contributed by atoms with Crippen molar-refractivity contribution >= 4 is 29.9 Å². The first-order chi connectivity index (χ1) is 10.6. The Morgan fingerprint density at radius 1 is 1.43 bits per heavy atom. The smallest absolute Gasteiger partial charge is 0.194 e. The fourth-order valence-electron chi connectivity index (χ4n) is 2.65. The van der Waals surface area contributed by atoms with Crippen LogP contribution in [0.15, 0.2) is 23.2 Å². The summed E-state index contributed by atoms with van der Waals surface area (Å²) in [7, 11) is 1.70.